The highest BCUT2D eigenvalue weighted by Gasteiger charge is 2.21. The fraction of sp³-hybridized carbons (Fsp3) is 0.769. The summed E-state index contributed by atoms with van der Waals surface area (Å²) in [4.78, 5) is 34.2. The second kappa shape index (κ2) is 10.7. The van der Waals surface area contributed by atoms with E-state index in [4.69, 9.17) is 5.73 Å². The molecule has 0 heterocycles. The maximum atomic E-state index is 11.8. The Morgan fingerprint density at radius 1 is 1.25 bits per heavy atom. The van der Waals surface area contributed by atoms with Crippen molar-refractivity contribution in [3.8, 4) is 0 Å². The molecule has 0 saturated carbocycles. The highest BCUT2D eigenvalue weighted by Crippen LogP contribution is 1.99. The first-order valence-corrected chi connectivity index (χ1v) is 8.08. The minimum Gasteiger partial charge on any atom is -0.344 e. The molecule has 0 rings (SSSR count). The molecule has 0 saturated heterocycles. The highest BCUT2D eigenvalue weighted by molar-refractivity contribution is 7.98. The van der Waals surface area contributed by atoms with Gasteiger partial charge in [0.1, 0.15) is 6.04 Å². The number of carbonyl (C=O) groups is 2. The van der Waals surface area contributed by atoms with E-state index in [0.717, 1.165) is 12.2 Å². The van der Waals surface area contributed by atoms with Crippen molar-refractivity contribution in [1.82, 2.24) is 10.6 Å². The predicted molar refractivity (Wildman–Crippen MR) is 81.1 cm³/mol. The third-order valence-electron chi connectivity index (χ3n) is 2.76. The van der Waals surface area contributed by atoms with E-state index in [2.05, 4.69) is 10.6 Å². The van der Waals surface area contributed by atoms with E-state index >= 15 is 0 Å². The molecule has 2 amide bonds. The van der Waals surface area contributed by atoms with Crippen molar-refractivity contribution in [1.29, 1.82) is 0 Å². The summed E-state index contributed by atoms with van der Waals surface area (Å²) >= 11 is 1.61. The normalized spacial score (nSPS) is 15.0. The number of hydrogen-bond acceptors (Lipinski definition) is 5. The van der Waals surface area contributed by atoms with Crippen LogP contribution < -0.4 is 16.4 Å². The molecule has 0 aliphatic heterocycles. The average Bonchev–Trinajstić information content (AvgIpc) is 2.43. The van der Waals surface area contributed by atoms with Gasteiger partial charge in [-0.1, -0.05) is 13.3 Å². The Hall–Kier alpha value is -1.08. The second-order valence-corrected chi connectivity index (χ2v) is 5.57. The molecule has 0 aromatic rings. The van der Waals surface area contributed by atoms with Gasteiger partial charge in [-0.05, 0) is 31.8 Å². The number of carbonyl (C=O) groups excluding carboxylic acids is 3. The molecule has 0 fully saturated rings. The number of hydrogen-bond donors (Lipinski definition) is 3. The molecule has 1 radical (unpaired) electrons. The summed E-state index contributed by atoms with van der Waals surface area (Å²) in [6.07, 6.45) is 5.56. The van der Waals surface area contributed by atoms with Gasteiger partial charge in [0.2, 0.25) is 18.1 Å². The van der Waals surface area contributed by atoms with E-state index in [9.17, 15) is 14.4 Å². The number of nitrogens with one attached hydrogen (secondary N) is 2. The van der Waals surface area contributed by atoms with Crippen LogP contribution in [0, 0.1) is 0 Å². The zero-order valence-corrected chi connectivity index (χ0v) is 13.1. The quantitative estimate of drug-likeness (QED) is 0.526. The fourth-order valence-corrected chi connectivity index (χ4v) is 2.00. The molecule has 0 aromatic heterocycles. The van der Waals surface area contributed by atoms with E-state index in [1.165, 1.54) is 0 Å². The smallest absolute Gasteiger partial charge is 0.242 e. The summed E-state index contributed by atoms with van der Waals surface area (Å²) < 4.78 is 0. The monoisotopic (exact) mass is 302 g/mol. The third kappa shape index (κ3) is 7.49. The van der Waals surface area contributed by atoms with Crippen LogP contribution in [0.1, 0.15) is 33.1 Å². The molecule has 115 valence electrons. The van der Waals surface area contributed by atoms with Crippen molar-refractivity contribution in [2.75, 3.05) is 12.0 Å². The summed E-state index contributed by atoms with van der Waals surface area (Å²) in [6.45, 7) is 3.47. The molecule has 4 N–H and O–H groups in total. The Bertz CT molecular complexity index is 326. The zero-order valence-electron chi connectivity index (χ0n) is 12.3. The second-order valence-electron chi connectivity index (χ2n) is 4.59. The van der Waals surface area contributed by atoms with E-state index in [1.807, 2.05) is 13.2 Å². The molecule has 3 atom stereocenters. The SMILES string of the molecule is CCCC([C]=O)NC(=O)C(C)NC(=O)C(N)CCSC. The highest BCUT2D eigenvalue weighted by atomic mass is 32.2. The number of rotatable bonds is 10. The minimum atomic E-state index is -0.726. The van der Waals surface area contributed by atoms with Crippen molar-refractivity contribution >= 4 is 29.9 Å². The molecule has 3 unspecified atom stereocenters. The summed E-state index contributed by atoms with van der Waals surface area (Å²) in [5.41, 5.74) is 5.71. The Morgan fingerprint density at radius 3 is 2.40 bits per heavy atom. The van der Waals surface area contributed by atoms with E-state index in [-0.39, 0.29) is 5.91 Å². The van der Waals surface area contributed by atoms with Crippen LogP contribution in [-0.2, 0) is 14.4 Å². The maximum absolute atomic E-state index is 11.8. The summed E-state index contributed by atoms with van der Waals surface area (Å²) in [5.74, 6) is 0.0226. The van der Waals surface area contributed by atoms with Crippen molar-refractivity contribution in [3.63, 3.8) is 0 Å². The predicted octanol–water partition coefficient (Wildman–Crippen LogP) is -0.0339. The van der Waals surface area contributed by atoms with Gasteiger partial charge >= 0.3 is 0 Å². The maximum Gasteiger partial charge on any atom is 0.242 e. The van der Waals surface area contributed by atoms with Crippen LogP contribution in [-0.4, -0.2) is 48.2 Å². The van der Waals surface area contributed by atoms with Crippen LogP contribution in [0.25, 0.3) is 0 Å². The molecular weight excluding hydrogens is 278 g/mol. The standard InChI is InChI=1S/C13H24N3O3S/c1-4-5-10(8-17)16-12(18)9(2)15-13(19)11(14)6-7-20-3/h9-11H,4-7,14H2,1-3H3,(H,15,19)(H,16,18). The van der Waals surface area contributed by atoms with Crippen molar-refractivity contribution in [3.05, 3.63) is 0 Å². The molecule has 0 aromatic carbocycles. The van der Waals surface area contributed by atoms with Crippen molar-refractivity contribution in [2.45, 2.75) is 51.2 Å². The van der Waals surface area contributed by atoms with Gasteiger partial charge in [0.05, 0.1) is 12.1 Å². The van der Waals surface area contributed by atoms with E-state index in [1.54, 1.807) is 25.0 Å². The van der Waals surface area contributed by atoms with Crippen LogP contribution in [0.2, 0.25) is 0 Å². The molecule has 0 spiro atoms. The molecular formula is C13H24N3O3S. The molecule has 20 heavy (non-hydrogen) atoms. The van der Waals surface area contributed by atoms with Gasteiger partial charge in [-0.2, -0.15) is 11.8 Å². The third-order valence-corrected chi connectivity index (χ3v) is 3.40. The van der Waals surface area contributed by atoms with Crippen LogP contribution in [0.15, 0.2) is 0 Å². The molecule has 7 heteroatoms. The van der Waals surface area contributed by atoms with Crippen LogP contribution >= 0.6 is 11.8 Å². The lowest BCUT2D eigenvalue weighted by Gasteiger charge is -2.19. The van der Waals surface area contributed by atoms with Gasteiger partial charge in [-0.15, -0.1) is 0 Å². The Balaban J connectivity index is 4.23. The number of thioether (sulfide) groups is 1. The van der Waals surface area contributed by atoms with Gasteiger partial charge in [-0.25, -0.2) is 0 Å². The Labute approximate surface area is 124 Å². The lowest BCUT2D eigenvalue weighted by Crippen LogP contribution is -2.52. The number of nitrogens with two attached hydrogens (primary N) is 1. The summed E-state index contributed by atoms with van der Waals surface area (Å²) in [5, 5.41) is 5.08. The summed E-state index contributed by atoms with van der Waals surface area (Å²) in [7, 11) is 0. The first-order chi connectivity index (χ1) is 9.46. The Kier molecular flexibility index (Phi) is 10.1. The van der Waals surface area contributed by atoms with Crippen molar-refractivity contribution in [2.24, 2.45) is 5.73 Å². The van der Waals surface area contributed by atoms with Crippen LogP contribution in [0.3, 0.4) is 0 Å². The lowest BCUT2D eigenvalue weighted by molar-refractivity contribution is -0.129. The molecule has 0 aliphatic carbocycles. The largest absolute Gasteiger partial charge is 0.344 e. The summed E-state index contributed by atoms with van der Waals surface area (Å²) in [6, 6.07) is -1.98. The van der Waals surface area contributed by atoms with Gasteiger partial charge in [0, 0.05) is 0 Å². The fourth-order valence-electron chi connectivity index (χ4n) is 1.51. The van der Waals surface area contributed by atoms with Crippen molar-refractivity contribution < 1.29 is 14.4 Å². The zero-order chi connectivity index (χ0) is 15.5. The van der Waals surface area contributed by atoms with Gasteiger partial charge < -0.3 is 16.4 Å². The average molecular weight is 302 g/mol. The topological polar surface area (TPSA) is 101 Å². The number of amides is 2. The van der Waals surface area contributed by atoms with Gasteiger partial charge in [0.15, 0.2) is 0 Å². The minimum absolute atomic E-state index is 0.358. The van der Waals surface area contributed by atoms with E-state index < -0.39 is 24.0 Å². The van der Waals surface area contributed by atoms with Gasteiger partial charge in [0.25, 0.3) is 0 Å². The van der Waals surface area contributed by atoms with Gasteiger partial charge in [-0.3, -0.25) is 14.4 Å². The van der Waals surface area contributed by atoms with E-state index in [0.29, 0.717) is 12.8 Å². The molecule has 0 aliphatic rings. The molecule has 0 bridgehead atoms. The van der Waals surface area contributed by atoms with Crippen LogP contribution in [0.4, 0.5) is 0 Å². The Morgan fingerprint density at radius 2 is 1.90 bits per heavy atom. The first-order valence-electron chi connectivity index (χ1n) is 6.69. The van der Waals surface area contributed by atoms with Crippen LogP contribution in [0.5, 0.6) is 0 Å². The molecule has 6 nitrogen and oxygen atoms in total. The first kappa shape index (κ1) is 18.9. The lowest BCUT2D eigenvalue weighted by atomic mass is 10.1.